The van der Waals surface area contributed by atoms with E-state index in [1.807, 2.05) is 0 Å². The molecule has 2 aromatic carbocycles. The highest BCUT2D eigenvalue weighted by Gasteiger charge is 2.30. The highest BCUT2D eigenvalue weighted by Crippen LogP contribution is 2.32. The topological polar surface area (TPSA) is 89.1 Å². The fourth-order valence-electron chi connectivity index (χ4n) is 2.48. The van der Waals surface area contributed by atoms with Crippen LogP contribution in [0.4, 0.5) is 19.0 Å². The quantitative estimate of drug-likeness (QED) is 0.651. The Balaban J connectivity index is 1.94. The van der Waals surface area contributed by atoms with Crippen LogP contribution in [0.3, 0.4) is 0 Å². The Bertz CT molecular complexity index is 975. The van der Waals surface area contributed by atoms with Gasteiger partial charge in [-0.05, 0) is 17.7 Å². The average Bonchev–Trinajstić information content (AvgIpc) is 2.62. The van der Waals surface area contributed by atoms with Crippen molar-refractivity contribution in [3.63, 3.8) is 0 Å². The second-order valence-electron chi connectivity index (χ2n) is 5.73. The molecule has 3 N–H and O–H groups in total. The lowest BCUT2D eigenvalue weighted by molar-refractivity contribution is -0.137. The third kappa shape index (κ3) is 4.50. The summed E-state index contributed by atoms with van der Waals surface area (Å²) in [6.07, 6.45) is -2.96. The largest absolute Gasteiger partial charge is 0.416 e. The van der Waals surface area contributed by atoms with Gasteiger partial charge in [0, 0.05) is 11.1 Å². The molecule has 1 atom stereocenters. The van der Waals surface area contributed by atoms with Gasteiger partial charge in [-0.2, -0.15) is 13.2 Å². The number of hydrogen-bond donors (Lipinski definition) is 2. The normalized spacial score (nSPS) is 12.7. The summed E-state index contributed by atoms with van der Waals surface area (Å²) in [4.78, 5) is 8.50. The Labute approximate surface area is 155 Å². The molecule has 0 radical (unpaired) electrons. The highest BCUT2D eigenvalue weighted by molar-refractivity contribution is 7.78. The molecule has 9 heteroatoms. The van der Waals surface area contributed by atoms with Crippen LogP contribution in [-0.2, 0) is 23.0 Å². The molecule has 0 aliphatic heterocycles. The summed E-state index contributed by atoms with van der Waals surface area (Å²) in [5, 5.41) is 0. The van der Waals surface area contributed by atoms with Crippen LogP contribution < -0.4 is 5.73 Å². The summed E-state index contributed by atoms with van der Waals surface area (Å²) < 4.78 is 57.9. The van der Waals surface area contributed by atoms with E-state index in [1.54, 1.807) is 24.3 Å². The third-order valence-corrected chi connectivity index (χ3v) is 4.41. The highest BCUT2D eigenvalue weighted by atomic mass is 32.2. The van der Waals surface area contributed by atoms with Crippen molar-refractivity contribution in [3.8, 4) is 22.5 Å². The van der Waals surface area contributed by atoms with E-state index in [4.69, 9.17) is 10.3 Å². The summed E-state index contributed by atoms with van der Waals surface area (Å²) in [6, 6.07) is 11.4. The summed E-state index contributed by atoms with van der Waals surface area (Å²) in [5.74, 6) is 0.121. The van der Waals surface area contributed by atoms with E-state index in [2.05, 4.69) is 9.97 Å². The Morgan fingerprint density at radius 1 is 1.00 bits per heavy atom. The molecule has 0 amide bonds. The Hall–Kier alpha value is -2.78. The van der Waals surface area contributed by atoms with E-state index < -0.39 is 22.8 Å². The minimum atomic E-state index is -4.42. The van der Waals surface area contributed by atoms with Crippen molar-refractivity contribution in [1.29, 1.82) is 0 Å². The zero-order chi connectivity index (χ0) is 19.6. The van der Waals surface area contributed by atoms with Gasteiger partial charge in [-0.3, -0.25) is 0 Å². The molecular formula is C18H14F3N3O2S. The fraction of sp³-hybridized carbons (Fsp3) is 0.111. The number of nitrogens with zero attached hydrogens (tertiary/aromatic N) is 2. The van der Waals surface area contributed by atoms with Crippen LogP contribution in [-0.4, -0.2) is 18.7 Å². The zero-order valence-corrected chi connectivity index (χ0v) is 14.6. The van der Waals surface area contributed by atoms with E-state index >= 15 is 0 Å². The number of rotatable bonds is 4. The predicted molar refractivity (Wildman–Crippen MR) is 96.8 cm³/mol. The van der Waals surface area contributed by atoms with Gasteiger partial charge in [0.25, 0.3) is 0 Å². The van der Waals surface area contributed by atoms with Crippen molar-refractivity contribution in [1.82, 2.24) is 9.97 Å². The molecule has 0 bridgehead atoms. The smallest absolute Gasteiger partial charge is 0.382 e. The van der Waals surface area contributed by atoms with Crippen molar-refractivity contribution in [2.24, 2.45) is 0 Å². The standard InChI is InChI=1S/C18H14F3N3O2S/c19-18(20,21)14-7-5-13(6-8-14)16-17(22)23-9-15(24-16)12-3-1-11(2-4-12)10-27(25)26/h1-9H,10H2,(H2,22,23)(H,25,26). The molecule has 0 saturated carbocycles. The third-order valence-electron chi connectivity index (χ3n) is 3.83. The SMILES string of the molecule is Nc1ncc(-c2ccc(CS(=O)O)cc2)nc1-c1ccc(C(F)(F)F)cc1. The monoisotopic (exact) mass is 393 g/mol. The van der Waals surface area contributed by atoms with Crippen molar-refractivity contribution in [3.05, 3.63) is 65.9 Å². The zero-order valence-electron chi connectivity index (χ0n) is 13.8. The van der Waals surface area contributed by atoms with Gasteiger partial charge in [0.1, 0.15) is 11.5 Å². The summed E-state index contributed by atoms with van der Waals surface area (Å²) in [6.45, 7) is 0. The Kier molecular flexibility index (Phi) is 5.24. The number of aromatic nitrogens is 2. The molecule has 0 saturated heterocycles. The first-order valence-electron chi connectivity index (χ1n) is 7.71. The van der Waals surface area contributed by atoms with Gasteiger partial charge in [-0.15, -0.1) is 0 Å². The van der Waals surface area contributed by atoms with E-state index in [0.717, 1.165) is 12.1 Å². The number of nitrogens with two attached hydrogens (primary N) is 1. The van der Waals surface area contributed by atoms with Gasteiger partial charge < -0.3 is 10.3 Å². The molecule has 0 aliphatic carbocycles. The van der Waals surface area contributed by atoms with Crippen molar-refractivity contribution in [2.45, 2.75) is 11.9 Å². The first kappa shape index (κ1) is 19.0. The van der Waals surface area contributed by atoms with Gasteiger partial charge in [-0.1, -0.05) is 36.4 Å². The summed E-state index contributed by atoms with van der Waals surface area (Å²) >= 11 is -1.93. The summed E-state index contributed by atoms with van der Waals surface area (Å²) in [7, 11) is 0. The lowest BCUT2D eigenvalue weighted by atomic mass is 10.1. The fourth-order valence-corrected chi connectivity index (χ4v) is 2.96. The van der Waals surface area contributed by atoms with E-state index in [1.165, 1.54) is 18.3 Å². The molecule has 1 unspecified atom stereocenters. The predicted octanol–water partition coefficient (Wildman–Crippen LogP) is 4.13. The molecule has 27 heavy (non-hydrogen) atoms. The maximum Gasteiger partial charge on any atom is 0.416 e. The van der Waals surface area contributed by atoms with Crippen molar-refractivity contribution < 1.29 is 21.9 Å². The molecule has 1 heterocycles. The van der Waals surface area contributed by atoms with Crippen LogP contribution >= 0.6 is 0 Å². The Morgan fingerprint density at radius 3 is 2.15 bits per heavy atom. The van der Waals surface area contributed by atoms with Crippen molar-refractivity contribution in [2.75, 3.05) is 5.73 Å². The molecule has 1 aromatic heterocycles. The average molecular weight is 393 g/mol. The first-order valence-corrected chi connectivity index (χ1v) is 8.98. The van der Waals surface area contributed by atoms with Crippen LogP contribution in [0.15, 0.2) is 54.7 Å². The van der Waals surface area contributed by atoms with Crippen LogP contribution in [0.1, 0.15) is 11.1 Å². The number of halogens is 3. The number of benzene rings is 2. The van der Waals surface area contributed by atoms with E-state index in [9.17, 15) is 17.4 Å². The lowest BCUT2D eigenvalue weighted by Gasteiger charge is -2.10. The Morgan fingerprint density at radius 2 is 1.59 bits per heavy atom. The number of alkyl halides is 3. The first-order chi connectivity index (χ1) is 12.7. The number of hydrogen-bond acceptors (Lipinski definition) is 4. The molecule has 5 nitrogen and oxygen atoms in total. The van der Waals surface area contributed by atoms with Crippen LogP contribution in [0, 0.1) is 0 Å². The molecule has 0 aliphatic rings. The molecule has 0 spiro atoms. The maximum atomic E-state index is 12.7. The molecular weight excluding hydrogens is 379 g/mol. The van der Waals surface area contributed by atoms with Gasteiger partial charge >= 0.3 is 6.18 Å². The minimum Gasteiger partial charge on any atom is -0.382 e. The molecule has 140 valence electrons. The minimum absolute atomic E-state index is 0.0184. The van der Waals surface area contributed by atoms with Gasteiger partial charge in [0.05, 0.1) is 23.2 Å². The number of anilines is 1. The lowest BCUT2D eigenvalue weighted by Crippen LogP contribution is -2.04. The maximum absolute atomic E-state index is 12.7. The van der Waals surface area contributed by atoms with Gasteiger partial charge in [0.2, 0.25) is 0 Å². The van der Waals surface area contributed by atoms with Crippen LogP contribution in [0.2, 0.25) is 0 Å². The second kappa shape index (κ2) is 7.45. The van der Waals surface area contributed by atoms with E-state index in [0.29, 0.717) is 22.4 Å². The molecule has 0 fully saturated rings. The number of nitrogen functional groups attached to an aromatic ring is 1. The summed E-state index contributed by atoms with van der Waals surface area (Å²) in [5.41, 5.74) is 7.65. The van der Waals surface area contributed by atoms with Crippen LogP contribution in [0.5, 0.6) is 0 Å². The van der Waals surface area contributed by atoms with Crippen LogP contribution in [0.25, 0.3) is 22.5 Å². The molecule has 3 aromatic rings. The van der Waals surface area contributed by atoms with E-state index in [-0.39, 0.29) is 17.3 Å². The van der Waals surface area contributed by atoms with Gasteiger partial charge in [-0.25, -0.2) is 14.2 Å². The molecule has 3 rings (SSSR count). The van der Waals surface area contributed by atoms with Gasteiger partial charge in [0.15, 0.2) is 11.1 Å². The second-order valence-corrected chi connectivity index (χ2v) is 6.66. The van der Waals surface area contributed by atoms with Crippen molar-refractivity contribution >= 4 is 16.9 Å².